The molecule has 1 aromatic heterocycles. The molecule has 0 radical (unpaired) electrons. The Bertz CT molecular complexity index is 615. The highest BCUT2D eigenvalue weighted by Gasteiger charge is 2.45. The van der Waals surface area contributed by atoms with Crippen molar-refractivity contribution in [3.63, 3.8) is 0 Å². The molecule has 0 unspecified atom stereocenters. The zero-order chi connectivity index (χ0) is 17.5. The van der Waals surface area contributed by atoms with Gasteiger partial charge in [-0.25, -0.2) is 9.78 Å². The number of amides is 1. The number of piperidine rings is 1. The van der Waals surface area contributed by atoms with Gasteiger partial charge in [-0.05, 0) is 73.7 Å². The Hall–Kier alpha value is -0.850. The summed E-state index contributed by atoms with van der Waals surface area (Å²) in [4.78, 5) is 18.8. The Labute approximate surface area is 155 Å². The average molecular weight is 418 g/mol. The summed E-state index contributed by atoms with van der Waals surface area (Å²) >= 11 is 9.46. The van der Waals surface area contributed by atoms with E-state index < -0.39 is 5.60 Å². The number of hydrogen-bond acceptors (Lipinski definition) is 4. The smallest absolute Gasteiger partial charge is 0.410 e. The molecule has 7 heteroatoms. The van der Waals surface area contributed by atoms with Crippen LogP contribution in [0.1, 0.15) is 51.7 Å². The molecule has 1 amide bonds. The number of hydrogen-bond donors (Lipinski definition) is 0. The van der Waals surface area contributed by atoms with E-state index >= 15 is 0 Å². The van der Waals surface area contributed by atoms with E-state index in [1.807, 2.05) is 31.7 Å². The Kier molecular flexibility index (Phi) is 5.09. The Morgan fingerprint density at radius 3 is 2.83 bits per heavy atom. The van der Waals surface area contributed by atoms with Gasteiger partial charge >= 0.3 is 6.09 Å². The Morgan fingerprint density at radius 1 is 1.42 bits per heavy atom. The number of fused-ring (bicyclic) bond motifs is 2. The molecule has 0 spiro atoms. The second kappa shape index (κ2) is 6.81. The lowest BCUT2D eigenvalue weighted by Gasteiger charge is -2.49. The molecule has 2 bridgehead atoms. The lowest BCUT2D eigenvalue weighted by molar-refractivity contribution is -0.123. The van der Waals surface area contributed by atoms with Crippen LogP contribution < -0.4 is 0 Å². The fraction of sp³-hybridized carbons (Fsp3) is 0.647. The van der Waals surface area contributed by atoms with Crippen molar-refractivity contribution in [2.75, 3.05) is 6.61 Å². The van der Waals surface area contributed by atoms with Gasteiger partial charge in [-0.2, -0.15) is 0 Å². The van der Waals surface area contributed by atoms with E-state index in [0.717, 1.165) is 24.8 Å². The number of pyridine rings is 1. The fourth-order valence-electron chi connectivity index (χ4n) is 3.46. The number of nitrogens with zero attached hydrogens (tertiary/aromatic N) is 2. The molecule has 3 rings (SSSR count). The maximum absolute atomic E-state index is 12.7. The van der Waals surface area contributed by atoms with Crippen molar-refractivity contribution in [3.8, 4) is 0 Å². The molecular formula is C17H22BrClN2O3. The number of aromatic nitrogens is 1. The molecule has 0 aliphatic carbocycles. The lowest BCUT2D eigenvalue weighted by atomic mass is 9.88. The minimum absolute atomic E-state index is 0.0438. The van der Waals surface area contributed by atoms with Crippen LogP contribution in [0.3, 0.4) is 0 Å². The van der Waals surface area contributed by atoms with E-state index in [0.29, 0.717) is 16.4 Å². The number of ether oxygens (including phenoxy) is 2. The maximum Gasteiger partial charge on any atom is 0.410 e. The first kappa shape index (κ1) is 18.0. The average Bonchev–Trinajstić information content (AvgIpc) is 2.43. The van der Waals surface area contributed by atoms with Gasteiger partial charge in [0.05, 0.1) is 18.7 Å². The zero-order valence-corrected chi connectivity index (χ0v) is 16.4. The minimum atomic E-state index is -0.512. The van der Waals surface area contributed by atoms with Crippen molar-refractivity contribution in [1.82, 2.24) is 9.88 Å². The summed E-state index contributed by atoms with van der Waals surface area (Å²) in [7, 11) is 0. The van der Waals surface area contributed by atoms with E-state index in [2.05, 4.69) is 20.9 Å². The molecule has 2 aliphatic heterocycles. The largest absolute Gasteiger partial charge is 0.444 e. The van der Waals surface area contributed by atoms with Crippen LogP contribution >= 0.6 is 27.5 Å². The lowest BCUT2D eigenvalue weighted by Crippen LogP contribution is -2.59. The van der Waals surface area contributed by atoms with Gasteiger partial charge < -0.3 is 9.47 Å². The highest BCUT2D eigenvalue weighted by atomic mass is 79.9. The molecule has 3 heterocycles. The molecule has 0 N–H and O–H groups in total. The number of carbonyl (C=O) groups excluding carboxylic acids is 1. The van der Waals surface area contributed by atoms with Crippen molar-refractivity contribution in [2.45, 2.75) is 63.8 Å². The quantitative estimate of drug-likeness (QED) is 0.620. The summed E-state index contributed by atoms with van der Waals surface area (Å²) in [5.74, 6) is 0. The van der Waals surface area contributed by atoms with Gasteiger partial charge in [0, 0.05) is 0 Å². The number of halogens is 2. The highest BCUT2D eigenvalue weighted by molar-refractivity contribution is 9.10. The standard InChI is InChI=1S/C17H22BrClN2O3/c1-17(2,3)24-16(22)21-11-5-4-6-12(21)15(23-9-11)10-7-13(18)20-14(19)8-10/h7-8,11-12,15H,4-6,9H2,1-3H3/t11-,12+,15-/m1/s1. The first-order chi connectivity index (χ1) is 11.2. The van der Waals surface area contributed by atoms with Crippen LogP contribution in [0.4, 0.5) is 4.79 Å². The summed E-state index contributed by atoms with van der Waals surface area (Å²) < 4.78 is 12.4. The third-order valence-electron chi connectivity index (χ3n) is 4.32. The highest BCUT2D eigenvalue weighted by Crippen LogP contribution is 2.40. The molecule has 2 aliphatic rings. The second-order valence-electron chi connectivity index (χ2n) is 7.34. The van der Waals surface area contributed by atoms with Crippen molar-refractivity contribution in [3.05, 3.63) is 27.5 Å². The minimum Gasteiger partial charge on any atom is -0.444 e. The van der Waals surface area contributed by atoms with Gasteiger partial charge in [0.15, 0.2) is 0 Å². The van der Waals surface area contributed by atoms with Gasteiger partial charge in [-0.3, -0.25) is 4.90 Å². The summed E-state index contributed by atoms with van der Waals surface area (Å²) in [6.07, 6.45) is 2.44. The normalized spacial score (nSPS) is 27.0. The fourth-order valence-corrected chi connectivity index (χ4v) is 4.24. The topological polar surface area (TPSA) is 51.7 Å². The van der Waals surface area contributed by atoms with Crippen LogP contribution in [0.2, 0.25) is 5.15 Å². The van der Waals surface area contributed by atoms with Crippen molar-refractivity contribution >= 4 is 33.6 Å². The van der Waals surface area contributed by atoms with Gasteiger partial charge in [0.1, 0.15) is 21.5 Å². The SMILES string of the molecule is CC(C)(C)OC(=O)N1[C@@H]2CCC[C@H]1[C@@H](c1cc(Cl)nc(Br)c1)OC2. The van der Waals surface area contributed by atoms with Gasteiger partial charge in [0.25, 0.3) is 0 Å². The molecule has 132 valence electrons. The van der Waals surface area contributed by atoms with Crippen molar-refractivity contribution in [2.24, 2.45) is 0 Å². The Balaban J connectivity index is 1.89. The Morgan fingerprint density at radius 2 is 2.17 bits per heavy atom. The molecule has 0 aromatic carbocycles. The van der Waals surface area contributed by atoms with Gasteiger partial charge in [-0.1, -0.05) is 11.6 Å². The summed E-state index contributed by atoms with van der Waals surface area (Å²) in [5.41, 5.74) is 0.420. The van der Waals surface area contributed by atoms with E-state index in [4.69, 9.17) is 21.1 Å². The van der Waals surface area contributed by atoms with Crippen LogP contribution in [0.25, 0.3) is 0 Å². The van der Waals surface area contributed by atoms with Crippen LogP contribution in [-0.4, -0.2) is 40.3 Å². The second-order valence-corrected chi connectivity index (χ2v) is 8.54. The molecule has 3 atom stereocenters. The van der Waals surface area contributed by atoms with Gasteiger partial charge in [0.2, 0.25) is 0 Å². The number of carbonyl (C=O) groups is 1. The van der Waals surface area contributed by atoms with Crippen molar-refractivity contribution < 1.29 is 14.3 Å². The summed E-state index contributed by atoms with van der Waals surface area (Å²) in [6.45, 7) is 6.17. The molecule has 1 aromatic rings. The molecule has 2 fully saturated rings. The van der Waals surface area contributed by atoms with Crippen molar-refractivity contribution in [1.29, 1.82) is 0 Å². The first-order valence-corrected chi connectivity index (χ1v) is 9.37. The molecule has 0 saturated carbocycles. The summed E-state index contributed by atoms with van der Waals surface area (Å²) in [5, 5.41) is 0.407. The monoisotopic (exact) mass is 416 g/mol. The first-order valence-electron chi connectivity index (χ1n) is 8.20. The molecule has 2 saturated heterocycles. The third kappa shape index (κ3) is 3.86. The van der Waals surface area contributed by atoms with Crippen LogP contribution in [0, 0.1) is 0 Å². The molecule has 5 nitrogen and oxygen atoms in total. The maximum atomic E-state index is 12.7. The molecular weight excluding hydrogens is 396 g/mol. The number of rotatable bonds is 1. The van der Waals surface area contributed by atoms with E-state index in [-0.39, 0.29) is 24.3 Å². The summed E-state index contributed by atoms with van der Waals surface area (Å²) in [6, 6.07) is 3.74. The molecule has 24 heavy (non-hydrogen) atoms. The van der Waals surface area contributed by atoms with E-state index in [9.17, 15) is 4.79 Å². The van der Waals surface area contributed by atoms with Crippen LogP contribution in [-0.2, 0) is 9.47 Å². The van der Waals surface area contributed by atoms with Crippen LogP contribution in [0.15, 0.2) is 16.7 Å². The van der Waals surface area contributed by atoms with E-state index in [1.165, 1.54) is 0 Å². The zero-order valence-electron chi connectivity index (χ0n) is 14.1. The predicted molar refractivity (Wildman–Crippen MR) is 95.1 cm³/mol. The van der Waals surface area contributed by atoms with E-state index in [1.54, 1.807) is 6.07 Å². The third-order valence-corrected chi connectivity index (χ3v) is 4.92. The van der Waals surface area contributed by atoms with Crippen LogP contribution in [0.5, 0.6) is 0 Å². The van der Waals surface area contributed by atoms with Gasteiger partial charge in [-0.15, -0.1) is 0 Å². The number of morpholine rings is 1. The predicted octanol–water partition coefficient (Wildman–Crippen LogP) is 4.73.